The molecular weight excluding hydrogens is 198 g/mol. The van der Waals surface area contributed by atoms with E-state index in [4.69, 9.17) is 10.2 Å². The molecule has 2 N–H and O–H groups in total. The van der Waals surface area contributed by atoms with Gasteiger partial charge in [-0.15, -0.1) is 0 Å². The van der Waals surface area contributed by atoms with Crippen LogP contribution in [-0.2, 0) is 6.42 Å². The Morgan fingerprint density at radius 1 is 1.31 bits per heavy atom. The lowest BCUT2D eigenvalue weighted by atomic mass is 10.0. The molecule has 3 unspecified atom stereocenters. The average molecular weight is 219 g/mol. The molecule has 2 aliphatic carbocycles. The highest BCUT2D eigenvalue weighted by Gasteiger charge is 2.54. The largest absolute Gasteiger partial charge is 0.464 e. The smallest absolute Gasteiger partial charge is 0.121 e. The van der Waals surface area contributed by atoms with Crippen LogP contribution in [0.5, 0.6) is 0 Å². The Morgan fingerprint density at radius 2 is 2.00 bits per heavy atom. The van der Waals surface area contributed by atoms with Gasteiger partial charge >= 0.3 is 0 Å². The Balaban J connectivity index is 1.71. The van der Waals surface area contributed by atoms with E-state index in [1.807, 2.05) is 0 Å². The van der Waals surface area contributed by atoms with Crippen molar-refractivity contribution in [3.8, 4) is 0 Å². The third-order valence-electron chi connectivity index (χ3n) is 4.50. The zero-order valence-electron chi connectivity index (χ0n) is 9.99. The maximum absolute atomic E-state index is 6.33. The number of aryl methyl sites for hydroxylation is 1. The lowest BCUT2D eigenvalue weighted by Gasteiger charge is -2.07. The number of rotatable bonds is 3. The molecule has 1 aromatic heterocycles. The van der Waals surface area contributed by atoms with Crippen molar-refractivity contribution in [1.82, 2.24) is 0 Å². The predicted molar refractivity (Wildman–Crippen MR) is 64.0 cm³/mol. The molecule has 0 spiro atoms. The molecule has 0 amide bonds. The topological polar surface area (TPSA) is 39.2 Å². The molecule has 3 atom stereocenters. The van der Waals surface area contributed by atoms with E-state index in [0.717, 1.165) is 29.8 Å². The van der Waals surface area contributed by atoms with Crippen molar-refractivity contribution in [3.63, 3.8) is 0 Å². The van der Waals surface area contributed by atoms with Crippen molar-refractivity contribution in [2.45, 2.75) is 45.1 Å². The van der Waals surface area contributed by atoms with Crippen LogP contribution in [0, 0.1) is 17.8 Å². The van der Waals surface area contributed by atoms with Gasteiger partial charge in [0, 0.05) is 6.42 Å². The van der Waals surface area contributed by atoms with Crippen molar-refractivity contribution >= 4 is 0 Å². The van der Waals surface area contributed by atoms with Gasteiger partial charge in [-0.1, -0.05) is 19.8 Å². The zero-order chi connectivity index (χ0) is 11.1. The summed E-state index contributed by atoms with van der Waals surface area (Å²) in [6, 6.07) is 4.29. The first kappa shape index (κ1) is 10.4. The summed E-state index contributed by atoms with van der Waals surface area (Å²) in [6.45, 7) is 2.12. The van der Waals surface area contributed by atoms with Crippen LogP contribution in [0.3, 0.4) is 0 Å². The minimum atomic E-state index is 0.147. The Hall–Kier alpha value is -0.760. The number of hydrogen-bond donors (Lipinski definition) is 1. The molecule has 1 aromatic rings. The molecule has 1 heterocycles. The summed E-state index contributed by atoms with van der Waals surface area (Å²) in [5, 5.41) is 0. The highest BCUT2D eigenvalue weighted by Crippen LogP contribution is 2.59. The van der Waals surface area contributed by atoms with Crippen molar-refractivity contribution in [3.05, 3.63) is 23.7 Å². The van der Waals surface area contributed by atoms with E-state index in [1.54, 1.807) is 0 Å². The van der Waals surface area contributed by atoms with Crippen molar-refractivity contribution in [2.75, 3.05) is 0 Å². The first-order valence-corrected chi connectivity index (χ1v) is 6.65. The molecule has 2 saturated carbocycles. The molecule has 88 valence electrons. The first-order chi connectivity index (χ1) is 7.81. The maximum atomic E-state index is 6.33. The fourth-order valence-electron chi connectivity index (χ4n) is 3.53. The second-order valence-electron chi connectivity index (χ2n) is 5.37. The van der Waals surface area contributed by atoms with Gasteiger partial charge in [0.25, 0.3) is 0 Å². The third-order valence-corrected chi connectivity index (χ3v) is 4.50. The summed E-state index contributed by atoms with van der Waals surface area (Å²) >= 11 is 0. The fraction of sp³-hybridized carbons (Fsp3) is 0.714. The van der Waals surface area contributed by atoms with Crippen molar-refractivity contribution < 1.29 is 4.42 Å². The van der Waals surface area contributed by atoms with Gasteiger partial charge < -0.3 is 10.2 Å². The third kappa shape index (κ3) is 1.60. The maximum Gasteiger partial charge on any atom is 0.121 e. The summed E-state index contributed by atoms with van der Waals surface area (Å²) in [6.07, 6.45) is 6.56. The van der Waals surface area contributed by atoms with Crippen LogP contribution in [0.25, 0.3) is 0 Å². The van der Waals surface area contributed by atoms with E-state index in [9.17, 15) is 0 Å². The van der Waals surface area contributed by atoms with Gasteiger partial charge in [0.1, 0.15) is 11.5 Å². The van der Waals surface area contributed by atoms with Gasteiger partial charge in [-0.25, -0.2) is 0 Å². The molecule has 2 nitrogen and oxygen atoms in total. The Kier molecular flexibility index (Phi) is 2.55. The van der Waals surface area contributed by atoms with E-state index >= 15 is 0 Å². The van der Waals surface area contributed by atoms with E-state index < -0.39 is 0 Å². The SMILES string of the molecule is CCc1ccc(C(N)C2C3CCCCC32)o1. The molecule has 0 bridgehead atoms. The monoisotopic (exact) mass is 219 g/mol. The van der Waals surface area contributed by atoms with Crippen LogP contribution in [0.4, 0.5) is 0 Å². The van der Waals surface area contributed by atoms with Gasteiger partial charge in [-0.3, -0.25) is 0 Å². The van der Waals surface area contributed by atoms with Gasteiger partial charge in [0.2, 0.25) is 0 Å². The highest BCUT2D eigenvalue weighted by atomic mass is 16.3. The Labute approximate surface area is 97.2 Å². The summed E-state index contributed by atoms with van der Waals surface area (Å²) in [4.78, 5) is 0. The fourth-order valence-corrected chi connectivity index (χ4v) is 3.53. The number of hydrogen-bond acceptors (Lipinski definition) is 2. The normalized spacial score (nSPS) is 34.5. The Bertz CT molecular complexity index is 359. The van der Waals surface area contributed by atoms with Crippen LogP contribution < -0.4 is 5.73 Å². The molecule has 16 heavy (non-hydrogen) atoms. The summed E-state index contributed by atoms with van der Waals surface area (Å²) in [7, 11) is 0. The second-order valence-corrected chi connectivity index (χ2v) is 5.37. The molecule has 2 fully saturated rings. The number of fused-ring (bicyclic) bond motifs is 1. The molecule has 0 aliphatic heterocycles. The molecular formula is C14H21NO. The minimum absolute atomic E-state index is 0.147. The zero-order valence-corrected chi connectivity index (χ0v) is 9.99. The summed E-state index contributed by atoms with van der Waals surface area (Å²) in [5.74, 6) is 4.58. The first-order valence-electron chi connectivity index (χ1n) is 6.65. The average Bonchev–Trinajstić information content (AvgIpc) is 2.84. The van der Waals surface area contributed by atoms with E-state index in [2.05, 4.69) is 19.1 Å². The van der Waals surface area contributed by atoms with E-state index in [0.29, 0.717) is 5.92 Å². The molecule has 2 aliphatic rings. The van der Waals surface area contributed by atoms with Gasteiger partial charge in [-0.05, 0) is 42.7 Å². The number of nitrogens with two attached hydrogens (primary N) is 1. The number of furan rings is 1. The molecule has 0 aromatic carbocycles. The van der Waals surface area contributed by atoms with Gasteiger partial charge in [0.05, 0.1) is 6.04 Å². The van der Waals surface area contributed by atoms with Gasteiger partial charge in [-0.2, -0.15) is 0 Å². The van der Waals surface area contributed by atoms with E-state index in [-0.39, 0.29) is 6.04 Å². The quantitative estimate of drug-likeness (QED) is 0.847. The standard InChI is InChI=1S/C14H21NO/c1-2-9-7-8-12(16-9)14(15)13-10-5-3-4-6-11(10)13/h7-8,10-11,13-14H,2-6,15H2,1H3. The van der Waals surface area contributed by atoms with Crippen LogP contribution in [0.1, 0.15) is 50.2 Å². The van der Waals surface area contributed by atoms with Crippen LogP contribution in [-0.4, -0.2) is 0 Å². The summed E-state index contributed by atoms with van der Waals surface area (Å²) < 4.78 is 5.78. The summed E-state index contributed by atoms with van der Waals surface area (Å²) in [5.41, 5.74) is 6.33. The second kappa shape index (κ2) is 3.92. The minimum Gasteiger partial charge on any atom is -0.464 e. The van der Waals surface area contributed by atoms with Crippen LogP contribution in [0.15, 0.2) is 16.5 Å². The van der Waals surface area contributed by atoms with Crippen molar-refractivity contribution in [2.24, 2.45) is 23.5 Å². The van der Waals surface area contributed by atoms with Crippen LogP contribution >= 0.6 is 0 Å². The molecule has 0 radical (unpaired) electrons. The predicted octanol–water partition coefficient (Wildman–Crippen LogP) is 3.28. The highest BCUT2D eigenvalue weighted by molar-refractivity contribution is 5.16. The molecule has 2 heteroatoms. The molecule has 3 rings (SSSR count). The molecule has 0 saturated heterocycles. The van der Waals surface area contributed by atoms with E-state index in [1.165, 1.54) is 25.7 Å². The van der Waals surface area contributed by atoms with Crippen molar-refractivity contribution in [1.29, 1.82) is 0 Å². The van der Waals surface area contributed by atoms with Crippen LogP contribution in [0.2, 0.25) is 0 Å². The van der Waals surface area contributed by atoms with Gasteiger partial charge in [0.15, 0.2) is 0 Å². The lowest BCUT2D eigenvalue weighted by molar-refractivity contribution is 0.403. The lowest BCUT2D eigenvalue weighted by Crippen LogP contribution is -2.13. The Morgan fingerprint density at radius 3 is 2.56 bits per heavy atom.